The zero-order valence-electron chi connectivity index (χ0n) is 12.4. The van der Waals surface area contributed by atoms with E-state index in [-0.39, 0.29) is 17.4 Å². The molecule has 1 saturated heterocycles. The number of halogens is 1. The molecule has 0 saturated carbocycles. The van der Waals surface area contributed by atoms with Crippen LogP contribution in [0.5, 0.6) is 0 Å². The first kappa shape index (κ1) is 14.5. The van der Waals surface area contributed by atoms with E-state index in [2.05, 4.69) is 37.9 Å². The zero-order valence-corrected chi connectivity index (χ0v) is 12.4. The minimum absolute atomic E-state index is 0.0885. The van der Waals surface area contributed by atoms with E-state index in [4.69, 9.17) is 0 Å². The number of hydrogen-bond acceptors (Lipinski definition) is 2. The van der Waals surface area contributed by atoms with Crippen molar-refractivity contribution in [3.05, 3.63) is 35.6 Å². The van der Waals surface area contributed by atoms with E-state index in [0.717, 1.165) is 25.1 Å². The maximum atomic E-state index is 14.0. The van der Waals surface area contributed by atoms with Gasteiger partial charge in [0, 0.05) is 36.3 Å². The van der Waals surface area contributed by atoms with E-state index >= 15 is 0 Å². The first-order valence-corrected chi connectivity index (χ1v) is 7.20. The van der Waals surface area contributed by atoms with Gasteiger partial charge in [-0.3, -0.25) is 4.90 Å². The smallest absolute Gasteiger partial charge is 0.127 e. The fraction of sp³-hybridized carbons (Fsp3) is 0.625. The third kappa shape index (κ3) is 3.15. The van der Waals surface area contributed by atoms with Crippen LogP contribution in [-0.2, 0) is 0 Å². The number of nitrogens with zero attached hydrogens (tertiary/aromatic N) is 1. The van der Waals surface area contributed by atoms with Gasteiger partial charge in [0.25, 0.3) is 0 Å². The molecule has 0 aliphatic carbocycles. The lowest BCUT2D eigenvalue weighted by molar-refractivity contribution is 0.0567. The molecule has 0 aromatic heterocycles. The van der Waals surface area contributed by atoms with Gasteiger partial charge in [0.2, 0.25) is 0 Å². The maximum Gasteiger partial charge on any atom is 0.127 e. The van der Waals surface area contributed by atoms with Crippen LogP contribution >= 0.6 is 0 Å². The fourth-order valence-corrected chi connectivity index (χ4v) is 2.98. The highest BCUT2D eigenvalue weighted by molar-refractivity contribution is 5.21. The lowest BCUT2D eigenvalue weighted by atomic mass is 9.94. The molecular formula is C16H25FN2. The molecule has 2 atom stereocenters. The minimum atomic E-state index is -0.0961. The molecule has 1 fully saturated rings. The molecule has 3 heteroatoms. The Bertz CT molecular complexity index is 431. The van der Waals surface area contributed by atoms with Gasteiger partial charge in [-0.05, 0) is 33.3 Å². The van der Waals surface area contributed by atoms with Crippen molar-refractivity contribution >= 4 is 0 Å². The molecule has 106 valence electrons. The summed E-state index contributed by atoms with van der Waals surface area (Å²) in [6.07, 6.45) is 1.09. The highest BCUT2D eigenvalue weighted by Gasteiger charge is 2.35. The molecule has 1 N–H and O–H groups in total. The molecule has 2 unspecified atom stereocenters. The van der Waals surface area contributed by atoms with Crippen LogP contribution in [0.15, 0.2) is 24.3 Å². The molecule has 19 heavy (non-hydrogen) atoms. The Morgan fingerprint density at radius 3 is 2.74 bits per heavy atom. The van der Waals surface area contributed by atoms with E-state index in [1.165, 1.54) is 0 Å². The number of nitrogens with one attached hydrogen (secondary N) is 1. The van der Waals surface area contributed by atoms with E-state index in [1.54, 1.807) is 12.1 Å². The van der Waals surface area contributed by atoms with Crippen LogP contribution < -0.4 is 5.32 Å². The van der Waals surface area contributed by atoms with Crippen molar-refractivity contribution in [1.82, 2.24) is 10.2 Å². The van der Waals surface area contributed by atoms with Crippen molar-refractivity contribution in [2.75, 3.05) is 13.1 Å². The van der Waals surface area contributed by atoms with Gasteiger partial charge in [0.1, 0.15) is 5.82 Å². The Kier molecular flexibility index (Phi) is 4.26. The predicted molar refractivity (Wildman–Crippen MR) is 77.7 cm³/mol. The molecule has 1 aromatic carbocycles. The Balaban J connectivity index is 2.24. The highest BCUT2D eigenvalue weighted by atomic mass is 19.1. The second-order valence-electron chi connectivity index (χ2n) is 6.20. The summed E-state index contributed by atoms with van der Waals surface area (Å²) in [6.45, 7) is 10.7. The number of benzene rings is 1. The lowest BCUT2D eigenvalue weighted by Gasteiger charge is -2.47. The second kappa shape index (κ2) is 5.59. The number of rotatable bonds is 3. The quantitative estimate of drug-likeness (QED) is 0.900. The number of piperazine rings is 1. The summed E-state index contributed by atoms with van der Waals surface area (Å²) in [5.41, 5.74) is 0.893. The summed E-state index contributed by atoms with van der Waals surface area (Å²) in [6, 6.07) is 7.73. The van der Waals surface area contributed by atoms with Crippen molar-refractivity contribution in [3.8, 4) is 0 Å². The van der Waals surface area contributed by atoms with Crippen molar-refractivity contribution in [3.63, 3.8) is 0 Å². The van der Waals surface area contributed by atoms with E-state index in [1.807, 2.05) is 12.1 Å². The van der Waals surface area contributed by atoms with Crippen LogP contribution in [0.1, 0.15) is 45.7 Å². The van der Waals surface area contributed by atoms with Crippen molar-refractivity contribution in [2.45, 2.75) is 51.7 Å². The molecule has 0 bridgehead atoms. The van der Waals surface area contributed by atoms with Gasteiger partial charge < -0.3 is 5.32 Å². The van der Waals surface area contributed by atoms with Gasteiger partial charge in [-0.2, -0.15) is 0 Å². The molecular weight excluding hydrogens is 239 g/mol. The standard InChI is InChI=1S/C16H25FN2/c1-5-13-10-18-16(3,4)11-19(13)12(2)14-8-6-7-9-15(14)17/h6-9,12-13,18H,5,10-11H2,1-4H3. The molecule has 0 spiro atoms. The Hall–Kier alpha value is -0.930. The summed E-state index contributed by atoms with van der Waals surface area (Å²) < 4.78 is 14.0. The Morgan fingerprint density at radius 2 is 2.11 bits per heavy atom. The van der Waals surface area contributed by atoms with E-state index in [9.17, 15) is 4.39 Å². The third-order valence-electron chi connectivity index (χ3n) is 4.19. The van der Waals surface area contributed by atoms with E-state index in [0.29, 0.717) is 6.04 Å². The van der Waals surface area contributed by atoms with Crippen LogP contribution in [0.4, 0.5) is 4.39 Å². The van der Waals surface area contributed by atoms with Gasteiger partial charge in [0.15, 0.2) is 0 Å². The Morgan fingerprint density at radius 1 is 1.42 bits per heavy atom. The second-order valence-corrected chi connectivity index (χ2v) is 6.20. The third-order valence-corrected chi connectivity index (χ3v) is 4.19. The van der Waals surface area contributed by atoms with Crippen molar-refractivity contribution in [2.24, 2.45) is 0 Å². The molecule has 2 rings (SSSR count). The van der Waals surface area contributed by atoms with Gasteiger partial charge in [-0.1, -0.05) is 25.1 Å². The average molecular weight is 264 g/mol. The molecule has 2 nitrogen and oxygen atoms in total. The van der Waals surface area contributed by atoms with Crippen LogP contribution in [0.2, 0.25) is 0 Å². The molecule has 1 heterocycles. The van der Waals surface area contributed by atoms with Crippen LogP contribution in [0.3, 0.4) is 0 Å². The Labute approximate surface area is 116 Å². The monoisotopic (exact) mass is 264 g/mol. The summed E-state index contributed by atoms with van der Waals surface area (Å²) in [4.78, 5) is 2.44. The lowest BCUT2D eigenvalue weighted by Crippen LogP contribution is -2.61. The first-order chi connectivity index (χ1) is 8.94. The topological polar surface area (TPSA) is 15.3 Å². The molecule has 0 radical (unpaired) electrons. The van der Waals surface area contributed by atoms with Crippen molar-refractivity contribution in [1.29, 1.82) is 0 Å². The van der Waals surface area contributed by atoms with Gasteiger partial charge in [0.05, 0.1) is 0 Å². The van der Waals surface area contributed by atoms with E-state index < -0.39 is 0 Å². The summed E-state index contributed by atoms with van der Waals surface area (Å²) in [5.74, 6) is -0.0961. The molecule has 1 aromatic rings. The van der Waals surface area contributed by atoms with Crippen molar-refractivity contribution < 1.29 is 4.39 Å². The number of hydrogen-bond donors (Lipinski definition) is 1. The van der Waals surface area contributed by atoms with Crippen LogP contribution in [0, 0.1) is 5.82 Å². The average Bonchev–Trinajstić information content (AvgIpc) is 2.37. The van der Waals surface area contributed by atoms with Gasteiger partial charge in [-0.15, -0.1) is 0 Å². The molecule has 1 aliphatic rings. The molecule has 0 amide bonds. The van der Waals surface area contributed by atoms with Crippen LogP contribution in [-0.4, -0.2) is 29.6 Å². The van der Waals surface area contributed by atoms with Crippen LogP contribution in [0.25, 0.3) is 0 Å². The summed E-state index contributed by atoms with van der Waals surface area (Å²) in [7, 11) is 0. The largest absolute Gasteiger partial charge is 0.309 e. The highest BCUT2D eigenvalue weighted by Crippen LogP contribution is 2.29. The minimum Gasteiger partial charge on any atom is -0.309 e. The normalized spacial score (nSPS) is 25.2. The maximum absolute atomic E-state index is 14.0. The summed E-state index contributed by atoms with van der Waals surface area (Å²) in [5, 5.41) is 3.57. The van der Waals surface area contributed by atoms with Gasteiger partial charge in [-0.25, -0.2) is 4.39 Å². The summed E-state index contributed by atoms with van der Waals surface area (Å²) >= 11 is 0. The first-order valence-electron chi connectivity index (χ1n) is 7.20. The zero-order chi connectivity index (χ0) is 14.0. The predicted octanol–water partition coefficient (Wildman–Crippen LogP) is 3.35. The molecule has 1 aliphatic heterocycles. The fourth-order valence-electron chi connectivity index (χ4n) is 2.98. The SMILES string of the molecule is CCC1CNC(C)(C)CN1C(C)c1ccccc1F. The van der Waals surface area contributed by atoms with Gasteiger partial charge >= 0.3 is 0 Å².